The molecule has 3 N–H and O–H groups in total. The minimum absolute atomic E-state index is 0.130. The van der Waals surface area contributed by atoms with Crippen molar-refractivity contribution >= 4 is 46.5 Å². The maximum Gasteiger partial charge on any atom is 0.175 e. The Labute approximate surface area is 143 Å². The van der Waals surface area contributed by atoms with E-state index in [1.54, 1.807) is 42.1 Å². The molecule has 114 valence electrons. The average Bonchev–Trinajstić information content (AvgIpc) is 2.74. The Morgan fingerprint density at radius 1 is 1.14 bits per heavy atom. The molecule has 3 nitrogen and oxygen atoms in total. The first-order valence-electron chi connectivity index (χ1n) is 6.76. The molecule has 0 bridgehead atoms. The maximum absolute atomic E-state index is 11.4. The fraction of sp³-hybridized carbons (Fsp3) is 0.188. The molecule has 0 saturated carbocycles. The lowest BCUT2D eigenvalue weighted by Crippen LogP contribution is -2.40. The number of nitrogens with two attached hydrogens (primary N) is 1. The Bertz CT molecular complexity index is 779. The summed E-state index contributed by atoms with van der Waals surface area (Å²) in [6.07, 6.45) is 0. The number of benzene rings is 2. The van der Waals surface area contributed by atoms with E-state index in [0.29, 0.717) is 26.9 Å². The largest absolute Gasteiger partial charge is 0.384 e. The van der Waals surface area contributed by atoms with E-state index in [1.807, 2.05) is 13.0 Å². The third-order valence-corrected chi connectivity index (χ3v) is 5.02. The van der Waals surface area contributed by atoms with Crippen molar-refractivity contribution in [3.05, 3.63) is 57.6 Å². The first kappa shape index (κ1) is 15.7. The molecule has 0 radical (unpaired) electrons. The van der Waals surface area contributed by atoms with Crippen LogP contribution in [-0.4, -0.2) is 16.7 Å². The van der Waals surface area contributed by atoms with Crippen molar-refractivity contribution < 1.29 is 5.11 Å². The van der Waals surface area contributed by atoms with E-state index in [-0.39, 0.29) is 5.84 Å². The molecule has 0 saturated heterocycles. The highest BCUT2D eigenvalue weighted by Crippen LogP contribution is 2.46. The smallest absolute Gasteiger partial charge is 0.175 e. The Morgan fingerprint density at radius 2 is 1.77 bits per heavy atom. The van der Waals surface area contributed by atoms with Gasteiger partial charge < -0.3 is 10.8 Å². The van der Waals surface area contributed by atoms with Crippen LogP contribution >= 0.6 is 35.0 Å². The van der Waals surface area contributed by atoms with Gasteiger partial charge in [0, 0.05) is 26.1 Å². The summed E-state index contributed by atoms with van der Waals surface area (Å²) in [5.74, 6) is 0.995. The summed E-state index contributed by atoms with van der Waals surface area (Å²) in [5, 5.41) is 12.4. The summed E-state index contributed by atoms with van der Waals surface area (Å²) in [5.41, 5.74) is 6.39. The van der Waals surface area contributed by atoms with E-state index >= 15 is 0 Å². The highest BCUT2D eigenvalue weighted by Gasteiger charge is 2.44. The lowest BCUT2D eigenvalue weighted by atomic mass is 9.86. The van der Waals surface area contributed by atoms with Gasteiger partial charge in [-0.25, -0.2) is 4.99 Å². The molecule has 1 unspecified atom stereocenters. The molecule has 1 aliphatic heterocycles. The van der Waals surface area contributed by atoms with Crippen molar-refractivity contribution in [3.63, 3.8) is 0 Å². The van der Waals surface area contributed by atoms with Gasteiger partial charge in [-0.3, -0.25) is 0 Å². The fourth-order valence-corrected chi connectivity index (χ4v) is 3.78. The van der Waals surface area contributed by atoms with E-state index in [4.69, 9.17) is 28.9 Å². The van der Waals surface area contributed by atoms with E-state index in [0.717, 1.165) is 10.6 Å². The third-order valence-electron chi connectivity index (χ3n) is 3.59. The second-order valence-corrected chi connectivity index (χ2v) is 7.12. The van der Waals surface area contributed by atoms with Gasteiger partial charge in [0.15, 0.2) is 5.60 Å². The van der Waals surface area contributed by atoms with Crippen molar-refractivity contribution in [2.45, 2.75) is 17.4 Å². The molecule has 0 amide bonds. The Hall–Kier alpha value is -1.20. The van der Waals surface area contributed by atoms with Crippen LogP contribution < -0.4 is 5.73 Å². The summed E-state index contributed by atoms with van der Waals surface area (Å²) in [7, 11) is 0. The number of thioether (sulfide) groups is 1. The molecular weight excluding hydrogens is 339 g/mol. The van der Waals surface area contributed by atoms with Gasteiger partial charge in [0.2, 0.25) is 0 Å². The van der Waals surface area contributed by atoms with Gasteiger partial charge in [-0.15, -0.1) is 11.8 Å². The minimum atomic E-state index is -1.51. The van der Waals surface area contributed by atoms with Crippen molar-refractivity contribution in [3.8, 4) is 0 Å². The quantitative estimate of drug-likeness (QED) is 0.807. The summed E-state index contributed by atoms with van der Waals surface area (Å²) in [4.78, 5) is 5.20. The summed E-state index contributed by atoms with van der Waals surface area (Å²) < 4.78 is 0. The number of fused-ring (bicyclic) bond motifs is 1. The number of halogens is 2. The topological polar surface area (TPSA) is 58.6 Å². The van der Waals surface area contributed by atoms with Crippen LogP contribution in [0.1, 0.15) is 18.1 Å². The molecule has 1 heterocycles. The van der Waals surface area contributed by atoms with Crippen LogP contribution in [0.5, 0.6) is 0 Å². The van der Waals surface area contributed by atoms with Crippen LogP contribution in [0.15, 0.2) is 46.3 Å². The van der Waals surface area contributed by atoms with Crippen LogP contribution in [0, 0.1) is 0 Å². The van der Waals surface area contributed by atoms with E-state index in [2.05, 4.69) is 4.99 Å². The van der Waals surface area contributed by atoms with Crippen LogP contribution in [0.25, 0.3) is 0 Å². The van der Waals surface area contributed by atoms with E-state index < -0.39 is 5.60 Å². The highest BCUT2D eigenvalue weighted by molar-refractivity contribution is 7.99. The first-order chi connectivity index (χ1) is 10.5. The number of aliphatic hydroxyl groups is 1. The molecule has 6 heteroatoms. The lowest BCUT2D eigenvalue weighted by Gasteiger charge is -2.27. The summed E-state index contributed by atoms with van der Waals surface area (Å²) in [6.45, 7) is 2.05. The number of rotatable bonds is 3. The number of nitrogens with zero attached hydrogens (tertiary/aromatic N) is 1. The average molecular weight is 353 g/mol. The number of hydrogen-bond acceptors (Lipinski definition) is 4. The zero-order valence-corrected chi connectivity index (χ0v) is 14.1. The van der Waals surface area contributed by atoms with Crippen molar-refractivity contribution in [1.82, 2.24) is 0 Å². The van der Waals surface area contributed by atoms with Gasteiger partial charge in [-0.1, -0.05) is 30.1 Å². The van der Waals surface area contributed by atoms with Crippen molar-refractivity contribution in [1.29, 1.82) is 0 Å². The zero-order valence-electron chi connectivity index (χ0n) is 11.8. The summed E-state index contributed by atoms with van der Waals surface area (Å²) in [6, 6.07) is 10.6. The predicted octanol–water partition coefficient (Wildman–Crippen LogP) is 4.34. The second-order valence-electron chi connectivity index (χ2n) is 4.94. The van der Waals surface area contributed by atoms with Gasteiger partial charge in [-0.05, 0) is 42.2 Å². The monoisotopic (exact) mass is 352 g/mol. The molecular formula is C16H14Cl2N2OS. The van der Waals surface area contributed by atoms with Gasteiger partial charge in [0.05, 0.1) is 5.69 Å². The van der Waals surface area contributed by atoms with E-state index in [1.165, 1.54) is 0 Å². The lowest BCUT2D eigenvalue weighted by molar-refractivity contribution is 0.155. The van der Waals surface area contributed by atoms with Crippen LogP contribution in [0.2, 0.25) is 10.0 Å². The van der Waals surface area contributed by atoms with Gasteiger partial charge in [0.25, 0.3) is 0 Å². The Morgan fingerprint density at radius 3 is 2.45 bits per heavy atom. The van der Waals surface area contributed by atoms with Crippen LogP contribution in [0.3, 0.4) is 0 Å². The zero-order chi connectivity index (χ0) is 15.9. The fourth-order valence-electron chi connectivity index (χ4n) is 2.59. The normalized spacial score (nSPS) is 19.9. The molecule has 0 fully saturated rings. The highest BCUT2D eigenvalue weighted by atomic mass is 35.5. The molecule has 2 aromatic carbocycles. The Balaban J connectivity index is 2.26. The SMILES string of the molecule is CCSc1ccc(Cl)cc1C1(O)C(N)=Nc2ccc(Cl)cc21. The van der Waals surface area contributed by atoms with Gasteiger partial charge in [-0.2, -0.15) is 0 Å². The first-order valence-corrected chi connectivity index (χ1v) is 8.50. The predicted molar refractivity (Wildman–Crippen MR) is 93.6 cm³/mol. The standard InChI is InChI=1S/C16H14Cl2N2OS/c1-2-22-14-6-4-10(18)8-12(14)16(21)11-7-9(17)3-5-13(11)20-15(16)19/h3-8,21H,2H2,1H3,(H2,19,20). The molecule has 22 heavy (non-hydrogen) atoms. The summed E-state index contributed by atoms with van der Waals surface area (Å²) >= 11 is 13.8. The molecule has 1 atom stereocenters. The van der Waals surface area contributed by atoms with E-state index in [9.17, 15) is 5.11 Å². The molecule has 1 aliphatic rings. The molecule has 0 aliphatic carbocycles. The molecule has 0 aromatic heterocycles. The maximum atomic E-state index is 11.4. The number of amidine groups is 1. The molecule has 2 aromatic rings. The number of hydrogen-bond donors (Lipinski definition) is 2. The number of aliphatic imine (C=N–C) groups is 1. The molecule has 3 rings (SSSR count). The van der Waals surface area contributed by atoms with Gasteiger partial charge in [0.1, 0.15) is 5.84 Å². The van der Waals surface area contributed by atoms with Crippen LogP contribution in [-0.2, 0) is 5.60 Å². The van der Waals surface area contributed by atoms with Crippen LogP contribution in [0.4, 0.5) is 5.69 Å². The minimum Gasteiger partial charge on any atom is -0.384 e. The Kier molecular flexibility index (Phi) is 4.12. The third kappa shape index (κ3) is 2.40. The van der Waals surface area contributed by atoms with Crippen molar-refractivity contribution in [2.75, 3.05) is 5.75 Å². The van der Waals surface area contributed by atoms with Gasteiger partial charge >= 0.3 is 0 Å². The second kappa shape index (κ2) is 5.78. The molecule has 0 spiro atoms. The van der Waals surface area contributed by atoms with Crippen molar-refractivity contribution in [2.24, 2.45) is 10.7 Å².